The standard InChI is InChI=1S/C10H12N2.2C2H6/c1-4-6-7-9-10(5-2)12(3)8-11-9;2*1-2/h4-8H,1-2H2,3H3;2*1-2H3/b7-6-;;. The van der Waals surface area contributed by atoms with Crippen molar-refractivity contribution in [2.24, 2.45) is 7.05 Å². The third-order valence-corrected chi connectivity index (χ3v) is 1.60. The summed E-state index contributed by atoms with van der Waals surface area (Å²) in [7, 11) is 1.94. The zero-order valence-electron chi connectivity index (χ0n) is 11.2. The van der Waals surface area contributed by atoms with E-state index in [1.807, 2.05) is 51.5 Å². The van der Waals surface area contributed by atoms with Crippen LogP contribution >= 0.6 is 0 Å². The van der Waals surface area contributed by atoms with E-state index in [1.165, 1.54) is 0 Å². The molecule has 0 saturated heterocycles. The van der Waals surface area contributed by atoms with E-state index in [0.717, 1.165) is 11.4 Å². The molecule has 0 atom stereocenters. The molecule has 0 aliphatic carbocycles. The van der Waals surface area contributed by atoms with Gasteiger partial charge in [-0.3, -0.25) is 0 Å². The second-order valence-corrected chi connectivity index (χ2v) is 2.42. The normalized spacial score (nSPS) is 8.56. The third-order valence-electron chi connectivity index (χ3n) is 1.60. The first-order chi connectivity index (χ1) is 7.79. The van der Waals surface area contributed by atoms with Gasteiger partial charge >= 0.3 is 0 Å². The van der Waals surface area contributed by atoms with Crippen molar-refractivity contribution < 1.29 is 0 Å². The highest BCUT2D eigenvalue weighted by molar-refractivity contribution is 5.59. The summed E-state index contributed by atoms with van der Waals surface area (Å²) in [6.07, 6.45) is 9.04. The summed E-state index contributed by atoms with van der Waals surface area (Å²) in [6, 6.07) is 0. The van der Waals surface area contributed by atoms with Crippen LogP contribution in [0.1, 0.15) is 39.1 Å². The molecule has 0 N–H and O–H groups in total. The molecule has 1 aromatic rings. The van der Waals surface area contributed by atoms with Crippen molar-refractivity contribution >= 4 is 12.2 Å². The van der Waals surface area contributed by atoms with E-state index in [4.69, 9.17) is 0 Å². The van der Waals surface area contributed by atoms with Gasteiger partial charge in [0.05, 0.1) is 17.7 Å². The summed E-state index contributed by atoms with van der Waals surface area (Å²) in [6.45, 7) is 15.3. The lowest BCUT2D eigenvalue weighted by Gasteiger charge is -1.94. The number of nitrogens with zero attached hydrogens (tertiary/aromatic N) is 2. The quantitative estimate of drug-likeness (QED) is 0.694. The molecule has 0 spiro atoms. The van der Waals surface area contributed by atoms with E-state index in [2.05, 4.69) is 18.1 Å². The van der Waals surface area contributed by atoms with Crippen LogP contribution in [0.2, 0.25) is 0 Å². The Kier molecular flexibility index (Phi) is 12.1. The fraction of sp³-hybridized carbons (Fsp3) is 0.357. The Hall–Kier alpha value is -1.57. The average Bonchev–Trinajstić information content (AvgIpc) is 2.72. The van der Waals surface area contributed by atoms with Gasteiger partial charge in [-0.25, -0.2) is 4.98 Å². The van der Waals surface area contributed by atoms with Gasteiger partial charge in [0.1, 0.15) is 0 Å². The highest BCUT2D eigenvalue weighted by atomic mass is 15.0. The second kappa shape index (κ2) is 11.5. The van der Waals surface area contributed by atoms with Crippen LogP contribution < -0.4 is 0 Å². The van der Waals surface area contributed by atoms with Crippen LogP contribution in [-0.4, -0.2) is 9.55 Å². The van der Waals surface area contributed by atoms with Crippen molar-refractivity contribution in [3.63, 3.8) is 0 Å². The van der Waals surface area contributed by atoms with E-state index in [0.29, 0.717) is 0 Å². The molecule has 2 nitrogen and oxygen atoms in total. The lowest BCUT2D eigenvalue weighted by Crippen LogP contribution is -1.88. The first kappa shape index (κ1) is 16.8. The van der Waals surface area contributed by atoms with Crippen molar-refractivity contribution in [3.8, 4) is 0 Å². The van der Waals surface area contributed by atoms with Crippen LogP contribution in [0.15, 0.2) is 31.6 Å². The van der Waals surface area contributed by atoms with E-state index in [9.17, 15) is 0 Å². The monoisotopic (exact) mass is 220 g/mol. The molecule has 0 aromatic carbocycles. The number of aryl methyl sites for hydroxylation is 1. The molecule has 0 amide bonds. The van der Waals surface area contributed by atoms with Crippen LogP contribution in [0.25, 0.3) is 12.2 Å². The zero-order valence-corrected chi connectivity index (χ0v) is 11.2. The summed E-state index contributed by atoms with van der Waals surface area (Å²) in [5, 5.41) is 0. The Morgan fingerprint density at radius 1 is 1.19 bits per heavy atom. The van der Waals surface area contributed by atoms with Crippen LogP contribution in [0.5, 0.6) is 0 Å². The van der Waals surface area contributed by atoms with Crippen LogP contribution in [0.3, 0.4) is 0 Å². The van der Waals surface area contributed by atoms with Gasteiger partial charge in [0.2, 0.25) is 0 Å². The second-order valence-electron chi connectivity index (χ2n) is 2.42. The average molecular weight is 220 g/mol. The molecule has 0 unspecified atom stereocenters. The molecular formula is C14H24N2. The number of imidazole rings is 1. The molecule has 1 rings (SSSR count). The summed E-state index contributed by atoms with van der Waals surface area (Å²) in [4.78, 5) is 4.18. The molecule has 1 heterocycles. The van der Waals surface area contributed by atoms with Crippen molar-refractivity contribution in [2.75, 3.05) is 0 Å². The first-order valence-corrected chi connectivity index (χ1v) is 5.72. The lowest BCUT2D eigenvalue weighted by atomic mass is 10.3. The van der Waals surface area contributed by atoms with Crippen LogP contribution in [-0.2, 0) is 7.05 Å². The molecular weight excluding hydrogens is 196 g/mol. The van der Waals surface area contributed by atoms with Crippen LogP contribution in [0, 0.1) is 0 Å². The van der Waals surface area contributed by atoms with Gasteiger partial charge in [0.15, 0.2) is 0 Å². The minimum atomic E-state index is 0.924. The number of allylic oxidation sites excluding steroid dienone is 2. The summed E-state index contributed by atoms with van der Waals surface area (Å²) >= 11 is 0. The smallest absolute Gasteiger partial charge is 0.0955 e. The summed E-state index contributed by atoms with van der Waals surface area (Å²) < 4.78 is 1.93. The maximum absolute atomic E-state index is 4.18. The SMILES string of the molecule is C=C/C=C\c1ncn(C)c1C=C.CC.CC. The van der Waals surface area contributed by atoms with Gasteiger partial charge in [-0.1, -0.05) is 53.0 Å². The van der Waals surface area contributed by atoms with E-state index in [-0.39, 0.29) is 0 Å². The van der Waals surface area contributed by atoms with Gasteiger partial charge in [0, 0.05) is 7.05 Å². The Labute approximate surface area is 100 Å². The van der Waals surface area contributed by atoms with Crippen LogP contribution in [0.4, 0.5) is 0 Å². The van der Waals surface area contributed by atoms with Gasteiger partial charge in [-0.2, -0.15) is 0 Å². The molecule has 16 heavy (non-hydrogen) atoms. The minimum Gasteiger partial charge on any atom is -0.334 e. The van der Waals surface area contributed by atoms with E-state index in [1.54, 1.807) is 18.5 Å². The van der Waals surface area contributed by atoms with Gasteiger partial charge in [-0.15, -0.1) is 0 Å². The van der Waals surface area contributed by atoms with Gasteiger partial charge < -0.3 is 4.57 Å². The Morgan fingerprint density at radius 3 is 2.19 bits per heavy atom. The maximum atomic E-state index is 4.18. The molecule has 0 bridgehead atoms. The maximum Gasteiger partial charge on any atom is 0.0955 e. The Morgan fingerprint density at radius 2 is 1.75 bits per heavy atom. The molecule has 0 fully saturated rings. The Bertz CT molecular complexity index is 319. The Balaban J connectivity index is 0. The largest absolute Gasteiger partial charge is 0.334 e. The molecule has 2 heteroatoms. The molecule has 0 saturated carbocycles. The van der Waals surface area contributed by atoms with Crippen molar-refractivity contribution in [1.29, 1.82) is 0 Å². The van der Waals surface area contributed by atoms with E-state index >= 15 is 0 Å². The highest BCUT2D eigenvalue weighted by Crippen LogP contribution is 2.08. The fourth-order valence-electron chi connectivity index (χ4n) is 0.994. The van der Waals surface area contributed by atoms with E-state index < -0.39 is 0 Å². The number of aromatic nitrogens is 2. The molecule has 90 valence electrons. The molecule has 0 aliphatic rings. The van der Waals surface area contributed by atoms with Gasteiger partial charge in [0.25, 0.3) is 0 Å². The van der Waals surface area contributed by atoms with Crippen molar-refractivity contribution in [1.82, 2.24) is 9.55 Å². The minimum absolute atomic E-state index is 0.924. The van der Waals surface area contributed by atoms with Gasteiger partial charge in [-0.05, 0) is 12.2 Å². The highest BCUT2D eigenvalue weighted by Gasteiger charge is 1.99. The van der Waals surface area contributed by atoms with Crippen molar-refractivity contribution in [2.45, 2.75) is 27.7 Å². The number of hydrogen-bond acceptors (Lipinski definition) is 1. The first-order valence-electron chi connectivity index (χ1n) is 5.72. The van der Waals surface area contributed by atoms with Crippen molar-refractivity contribution in [3.05, 3.63) is 43.0 Å². The predicted molar refractivity (Wildman–Crippen MR) is 75.2 cm³/mol. The number of hydrogen-bond donors (Lipinski definition) is 0. The summed E-state index contributed by atoms with van der Waals surface area (Å²) in [5.41, 5.74) is 1.94. The predicted octanol–water partition coefficient (Wildman–Crippen LogP) is 4.31. The molecule has 1 aromatic heterocycles. The summed E-state index contributed by atoms with van der Waals surface area (Å²) in [5.74, 6) is 0. The molecule has 0 radical (unpaired) electrons. The third kappa shape index (κ3) is 5.35. The number of rotatable bonds is 3. The zero-order chi connectivity index (χ0) is 13.0. The topological polar surface area (TPSA) is 17.8 Å². The fourth-order valence-corrected chi connectivity index (χ4v) is 0.994. The lowest BCUT2D eigenvalue weighted by molar-refractivity contribution is 0.902. The molecule has 0 aliphatic heterocycles.